The molecular weight excluding hydrogens is 338 g/mol. The van der Waals surface area contributed by atoms with Crippen LogP contribution in [0.2, 0.25) is 5.02 Å². The van der Waals surface area contributed by atoms with E-state index in [1.54, 1.807) is 36.5 Å². The minimum atomic E-state index is -0.108. The van der Waals surface area contributed by atoms with Crippen molar-refractivity contribution in [2.45, 2.75) is 0 Å². The van der Waals surface area contributed by atoms with Gasteiger partial charge in [-0.05, 0) is 30.3 Å². The van der Waals surface area contributed by atoms with Gasteiger partial charge in [0, 0.05) is 27.2 Å². The summed E-state index contributed by atoms with van der Waals surface area (Å²) in [7, 11) is 0. The van der Waals surface area contributed by atoms with E-state index < -0.39 is 0 Å². The number of nitrogens with zero attached hydrogens (tertiary/aromatic N) is 1. The SMILES string of the molecule is O=C(c1ccc2cccnc2c1)c1cc(Br)ccc1Cl. The van der Waals surface area contributed by atoms with Crippen LogP contribution in [0.15, 0.2) is 59.2 Å². The minimum Gasteiger partial charge on any atom is -0.289 e. The molecule has 20 heavy (non-hydrogen) atoms. The first-order valence-electron chi connectivity index (χ1n) is 6.00. The molecule has 0 aliphatic heterocycles. The lowest BCUT2D eigenvalue weighted by Crippen LogP contribution is -2.02. The van der Waals surface area contributed by atoms with Gasteiger partial charge in [-0.15, -0.1) is 0 Å². The van der Waals surface area contributed by atoms with Gasteiger partial charge in [-0.1, -0.05) is 45.7 Å². The van der Waals surface area contributed by atoms with Crippen molar-refractivity contribution >= 4 is 44.2 Å². The van der Waals surface area contributed by atoms with Crippen molar-refractivity contribution in [3.05, 3.63) is 75.4 Å². The summed E-state index contributed by atoms with van der Waals surface area (Å²) in [4.78, 5) is 16.8. The summed E-state index contributed by atoms with van der Waals surface area (Å²) in [6, 6.07) is 14.5. The quantitative estimate of drug-likeness (QED) is 0.619. The Hall–Kier alpha value is -1.71. The van der Waals surface area contributed by atoms with E-state index in [9.17, 15) is 4.79 Å². The number of carbonyl (C=O) groups is 1. The van der Waals surface area contributed by atoms with Crippen molar-refractivity contribution in [3.8, 4) is 0 Å². The lowest BCUT2D eigenvalue weighted by molar-refractivity contribution is 0.103. The minimum absolute atomic E-state index is 0.108. The first kappa shape index (κ1) is 13.3. The topological polar surface area (TPSA) is 30.0 Å². The first-order chi connectivity index (χ1) is 9.65. The number of fused-ring (bicyclic) bond motifs is 1. The maximum Gasteiger partial charge on any atom is 0.194 e. The number of pyridine rings is 1. The summed E-state index contributed by atoms with van der Waals surface area (Å²) in [5.74, 6) is -0.108. The zero-order valence-corrected chi connectivity index (χ0v) is 12.6. The Bertz CT molecular complexity index is 816. The van der Waals surface area contributed by atoms with Gasteiger partial charge < -0.3 is 0 Å². The molecule has 0 N–H and O–H groups in total. The summed E-state index contributed by atoms with van der Waals surface area (Å²) in [6.07, 6.45) is 1.71. The second kappa shape index (κ2) is 5.35. The number of ketones is 1. The van der Waals surface area contributed by atoms with Gasteiger partial charge in [0.1, 0.15) is 0 Å². The van der Waals surface area contributed by atoms with Gasteiger partial charge in [-0.2, -0.15) is 0 Å². The van der Waals surface area contributed by atoms with Crippen LogP contribution < -0.4 is 0 Å². The molecule has 1 aromatic heterocycles. The van der Waals surface area contributed by atoms with E-state index in [0.29, 0.717) is 16.1 Å². The van der Waals surface area contributed by atoms with E-state index in [2.05, 4.69) is 20.9 Å². The molecule has 0 fully saturated rings. The van der Waals surface area contributed by atoms with Gasteiger partial charge in [0.2, 0.25) is 0 Å². The first-order valence-corrected chi connectivity index (χ1v) is 7.17. The third-order valence-electron chi connectivity index (χ3n) is 3.04. The molecule has 2 nitrogen and oxygen atoms in total. The number of hydrogen-bond acceptors (Lipinski definition) is 2. The van der Waals surface area contributed by atoms with Crippen LogP contribution in [0.3, 0.4) is 0 Å². The highest BCUT2D eigenvalue weighted by Gasteiger charge is 2.14. The second-order valence-electron chi connectivity index (χ2n) is 4.36. The molecule has 0 saturated heterocycles. The van der Waals surface area contributed by atoms with Crippen LogP contribution in [0.5, 0.6) is 0 Å². The highest BCUT2D eigenvalue weighted by Crippen LogP contribution is 2.24. The third kappa shape index (κ3) is 2.47. The third-order valence-corrected chi connectivity index (χ3v) is 3.86. The smallest absolute Gasteiger partial charge is 0.194 e. The average molecular weight is 347 g/mol. The maximum atomic E-state index is 12.5. The van der Waals surface area contributed by atoms with E-state index in [1.165, 1.54) is 0 Å². The summed E-state index contributed by atoms with van der Waals surface area (Å²) in [5.41, 5.74) is 1.86. The van der Waals surface area contributed by atoms with E-state index in [-0.39, 0.29) is 5.78 Å². The van der Waals surface area contributed by atoms with Crippen molar-refractivity contribution < 1.29 is 4.79 Å². The molecule has 3 rings (SSSR count). The number of rotatable bonds is 2. The second-order valence-corrected chi connectivity index (χ2v) is 5.69. The summed E-state index contributed by atoms with van der Waals surface area (Å²) < 4.78 is 0.823. The fourth-order valence-electron chi connectivity index (χ4n) is 2.03. The summed E-state index contributed by atoms with van der Waals surface area (Å²) in [6.45, 7) is 0. The standard InChI is InChI=1S/C16H9BrClNO/c17-12-5-6-14(18)13(9-12)16(20)11-4-3-10-2-1-7-19-15(10)8-11/h1-9H. The predicted molar refractivity (Wildman–Crippen MR) is 84.3 cm³/mol. The number of hydrogen-bond donors (Lipinski definition) is 0. The van der Waals surface area contributed by atoms with Crippen LogP contribution in [-0.4, -0.2) is 10.8 Å². The van der Waals surface area contributed by atoms with Crippen LogP contribution >= 0.6 is 27.5 Å². The fourth-order valence-corrected chi connectivity index (χ4v) is 2.60. The zero-order chi connectivity index (χ0) is 14.1. The fraction of sp³-hybridized carbons (Fsp3) is 0. The van der Waals surface area contributed by atoms with E-state index in [0.717, 1.165) is 15.4 Å². The van der Waals surface area contributed by atoms with Crippen LogP contribution in [0, 0.1) is 0 Å². The molecule has 98 valence electrons. The molecule has 0 saturated carbocycles. The molecule has 0 spiro atoms. The Morgan fingerprint density at radius 1 is 1.10 bits per heavy atom. The highest BCUT2D eigenvalue weighted by molar-refractivity contribution is 9.10. The molecule has 0 aliphatic rings. The molecule has 4 heteroatoms. The maximum absolute atomic E-state index is 12.5. The van der Waals surface area contributed by atoms with Crippen molar-refractivity contribution in [1.29, 1.82) is 0 Å². The van der Waals surface area contributed by atoms with Crippen LogP contribution in [-0.2, 0) is 0 Å². The van der Waals surface area contributed by atoms with Crippen LogP contribution in [0.4, 0.5) is 0 Å². The van der Waals surface area contributed by atoms with Gasteiger partial charge in [0.05, 0.1) is 10.5 Å². The lowest BCUT2D eigenvalue weighted by Gasteiger charge is -2.05. The number of aromatic nitrogens is 1. The molecule has 0 amide bonds. The van der Waals surface area contributed by atoms with E-state index >= 15 is 0 Å². The van der Waals surface area contributed by atoms with Crippen molar-refractivity contribution in [1.82, 2.24) is 4.98 Å². The molecule has 0 radical (unpaired) electrons. The van der Waals surface area contributed by atoms with Gasteiger partial charge in [0.15, 0.2) is 5.78 Å². The Labute approximate surface area is 129 Å². The van der Waals surface area contributed by atoms with E-state index in [1.807, 2.05) is 18.2 Å². The van der Waals surface area contributed by atoms with E-state index in [4.69, 9.17) is 11.6 Å². The van der Waals surface area contributed by atoms with Gasteiger partial charge >= 0.3 is 0 Å². The van der Waals surface area contributed by atoms with Gasteiger partial charge in [-0.25, -0.2) is 0 Å². The van der Waals surface area contributed by atoms with Crippen molar-refractivity contribution in [2.24, 2.45) is 0 Å². The predicted octanol–water partition coefficient (Wildman–Crippen LogP) is 4.88. The molecule has 3 aromatic rings. The summed E-state index contributed by atoms with van der Waals surface area (Å²) >= 11 is 9.46. The average Bonchev–Trinajstić information content (AvgIpc) is 2.48. The van der Waals surface area contributed by atoms with Crippen molar-refractivity contribution in [2.75, 3.05) is 0 Å². The zero-order valence-electron chi connectivity index (χ0n) is 10.3. The largest absolute Gasteiger partial charge is 0.289 e. The molecule has 0 aliphatic carbocycles. The molecule has 0 unspecified atom stereocenters. The Kier molecular flexibility index (Phi) is 3.55. The Balaban J connectivity index is 2.10. The monoisotopic (exact) mass is 345 g/mol. The molecule has 0 bridgehead atoms. The Morgan fingerprint density at radius 3 is 2.80 bits per heavy atom. The number of benzene rings is 2. The molecule has 2 aromatic carbocycles. The van der Waals surface area contributed by atoms with Gasteiger partial charge in [-0.3, -0.25) is 9.78 Å². The number of halogens is 2. The molecule has 0 atom stereocenters. The number of carbonyl (C=O) groups excluding carboxylic acids is 1. The Morgan fingerprint density at radius 2 is 1.95 bits per heavy atom. The van der Waals surface area contributed by atoms with Gasteiger partial charge in [0.25, 0.3) is 0 Å². The van der Waals surface area contributed by atoms with Crippen LogP contribution in [0.25, 0.3) is 10.9 Å². The normalized spacial score (nSPS) is 10.7. The highest BCUT2D eigenvalue weighted by atomic mass is 79.9. The van der Waals surface area contributed by atoms with Crippen LogP contribution in [0.1, 0.15) is 15.9 Å². The molecule has 1 heterocycles. The summed E-state index contributed by atoms with van der Waals surface area (Å²) in [5, 5.41) is 1.45. The lowest BCUT2D eigenvalue weighted by atomic mass is 10.0. The molecular formula is C16H9BrClNO. The van der Waals surface area contributed by atoms with Crippen molar-refractivity contribution in [3.63, 3.8) is 0 Å².